The number of hydrogen-bond acceptors (Lipinski definition) is 4. The van der Waals surface area contributed by atoms with Crippen LogP contribution >= 0.6 is 27.3 Å². The largest absolute Gasteiger partial charge is 0.397 e. The maximum atomic E-state index is 12.4. The molecule has 0 spiro atoms. The van der Waals surface area contributed by atoms with Gasteiger partial charge in [-0.2, -0.15) is 0 Å². The molecule has 2 aromatic rings. The lowest BCUT2D eigenvalue weighted by Crippen LogP contribution is -2.13. The van der Waals surface area contributed by atoms with Crippen LogP contribution in [0.1, 0.15) is 39.3 Å². The van der Waals surface area contributed by atoms with Crippen molar-refractivity contribution < 1.29 is 4.79 Å². The Morgan fingerprint density at radius 1 is 1.43 bits per heavy atom. The Balaban J connectivity index is 2.26. The van der Waals surface area contributed by atoms with Gasteiger partial charge in [-0.15, -0.1) is 11.3 Å². The van der Waals surface area contributed by atoms with E-state index in [1.165, 1.54) is 11.3 Å². The summed E-state index contributed by atoms with van der Waals surface area (Å²) in [4.78, 5) is 17.5. The highest BCUT2D eigenvalue weighted by atomic mass is 79.9. The van der Waals surface area contributed by atoms with Gasteiger partial charge < -0.3 is 11.1 Å². The highest BCUT2D eigenvalue weighted by Gasteiger charge is 2.16. The molecule has 6 heteroatoms. The summed E-state index contributed by atoms with van der Waals surface area (Å²) in [5, 5.41) is 3.88. The van der Waals surface area contributed by atoms with Gasteiger partial charge in [0.1, 0.15) is 4.88 Å². The molecule has 0 radical (unpaired) electrons. The van der Waals surface area contributed by atoms with Crippen molar-refractivity contribution in [3.63, 3.8) is 0 Å². The topological polar surface area (TPSA) is 68.0 Å². The van der Waals surface area contributed by atoms with Crippen LogP contribution < -0.4 is 11.1 Å². The van der Waals surface area contributed by atoms with E-state index in [-0.39, 0.29) is 5.91 Å². The summed E-state index contributed by atoms with van der Waals surface area (Å²) >= 11 is 4.87. The number of aromatic nitrogens is 1. The first-order valence-corrected chi connectivity index (χ1v) is 8.36. The smallest absolute Gasteiger partial charge is 0.267 e. The standard InChI is InChI=1S/C15H18BrN3OS/c1-4-5-12-18-9(3)14(21-12)15(20)19-11-7-10(16)6-8(2)13(11)17/h6-7H,4-5,17H2,1-3H3,(H,19,20). The number of nitrogen functional groups attached to an aromatic ring is 1. The molecule has 112 valence electrons. The molecule has 1 aromatic heterocycles. The van der Waals surface area contributed by atoms with Crippen LogP contribution in [0.25, 0.3) is 0 Å². The van der Waals surface area contributed by atoms with Gasteiger partial charge >= 0.3 is 0 Å². The van der Waals surface area contributed by atoms with E-state index >= 15 is 0 Å². The normalized spacial score (nSPS) is 10.7. The number of carbonyl (C=O) groups is 1. The number of nitrogens with one attached hydrogen (secondary N) is 1. The molecule has 2 rings (SSSR count). The quantitative estimate of drug-likeness (QED) is 0.791. The van der Waals surface area contributed by atoms with Crippen LogP contribution in [0.15, 0.2) is 16.6 Å². The zero-order valence-electron chi connectivity index (χ0n) is 12.3. The molecule has 0 bridgehead atoms. The van der Waals surface area contributed by atoms with Crippen LogP contribution in [0, 0.1) is 13.8 Å². The maximum absolute atomic E-state index is 12.4. The van der Waals surface area contributed by atoms with Crippen molar-refractivity contribution in [2.24, 2.45) is 0 Å². The Bertz CT molecular complexity index is 682. The number of nitrogens with two attached hydrogens (primary N) is 1. The molecule has 0 atom stereocenters. The van der Waals surface area contributed by atoms with Gasteiger partial charge in [-0.1, -0.05) is 22.9 Å². The number of halogens is 1. The van der Waals surface area contributed by atoms with Crippen LogP contribution in [-0.2, 0) is 6.42 Å². The van der Waals surface area contributed by atoms with E-state index in [4.69, 9.17) is 5.73 Å². The lowest BCUT2D eigenvalue weighted by molar-refractivity contribution is 0.103. The second-order valence-corrected chi connectivity index (χ2v) is 6.91. The first-order chi connectivity index (χ1) is 9.92. The third-order valence-electron chi connectivity index (χ3n) is 3.11. The van der Waals surface area contributed by atoms with Crippen LogP contribution in [0.5, 0.6) is 0 Å². The fraction of sp³-hybridized carbons (Fsp3) is 0.333. The second kappa shape index (κ2) is 6.58. The summed E-state index contributed by atoms with van der Waals surface area (Å²) in [6.07, 6.45) is 1.92. The molecule has 21 heavy (non-hydrogen) atoms. The summed E-state index contributed by atoms with van der Waals surface area (Å²) in [6, 6.07) is 3.73. The van der Waals surface area contributed by atoms with E-state index in [1.54, 1.807) is 0 Å². The van der Waals surface area contributed by atoms with Crippen molar-refractivity contribution in [3.8, 4) is 0 Å². The van der Waals surface area contributed by atoms with Crippen LogP contribution in [0.2, 0.25) is 0 Å². The number of anilines is 2. The first kappa shape index (κ1) is 16.0. The monoisotopic (exact) mass is 367 g/mol. The van der Waals surface area contributed by atoms with Crippen molar-refractivity contribution in [1.29, 1.82) is 0 Å². The predicted octanol–water partition coefficient (Wildman–Crippen LogP) is 4.31. The minimum absolute atomic E-state index is 0.156. The van der Waals surface area contributed by atoms with Gasteiger partial charge in [0.05, 0.1) is 22.1 Å². The summed E-state index contributed by atoms with van der Waals surface area (Å²) in [5.41, 5.74) is 8.92. The molecule has 1 heterocycles. The second-order valence-electron chi connectivity index (χ2n) is 4.91. The molecule has 0 aliphatic carbocycles. The predicted molar refractivity (Wildman–Crippen MR) is 92.1 cm³/mol. The SMILES string of the molecule is CCCc1nc(C)c(C(=O)Nc2cc(Br)cc(C)c2N)s1. The number of rotatable bonds is 4. The third kappa shape index (κ3) is 3.63. The average Bonchev–Trinajstić information content (AvgIpc) is 2.77. The van der Waals surface area contributed by atoms with Crippen molar-refractivity contribution in [2.45, 2.75) is 33.6 Å². The molecular formula is C15H18BrN3OS. The van der Waals surface area contributed by atoms with E-state index in [0.717, 1.165) is 33.6 Å². The molecule has 4 nitrogen and oxygen atoms in total. The fourth-order valence-electron chi connectivity index (χ4n) is 2.02. The number of nitrogens with zero attached hydrogens (tertiary/aromatic N) is 1. The molecule has 0 fully saturated rings. The van der Waals surface area contributed by atoms with Gasteiger partial charge in [0, 0.05) is 4.47 Å². The van der Waals surface area contributed by atoms with Crippen molar-refractivity contribution in [1.82, 2.24) is 4.98 Å². The van der Waals surface area contributed by atoms with Crippen molar-refractivity contribution >= 4 is 44.5 Å². The Morgan fingerprint density at radius 2 is 2.14 bits per heavy atom. The van der Waals surface area contributed by atoms with Crippen LogP contribution in [0.3, 0.4) is 0 Å². The minimum atomic E-state index is -0.156. The van der Waals surface area contributed by atoms with E-state index < -0.39 is 0 Å². The first-order valence-electron chi connectivity index (χ1n) is 6.75. The van der Waals surface area contributed by atoms with Gasteiger partial charge in [-0.3, -0.25) is 4.79 Å². The molecular weight excluding hydrogens is 350 g/mol. The Labute approximate surface area is 136 Å². The van der Waals surface area contributed by atoms with Gasteiger partial charge in [0.25, 0.3) is 5.91 Å². The fourth-order valence-corrected chi connectivity index (χ4v) is 3.65. The van der Waals surface area contributed by atoms with E-state index in [9.17, 15) is 4.79 Å². The van der Waals surface area contributed by atoms with Gasteiger partial charge in [0.15, 0.2) is 0 Å². The van der Waals surface area contributed by atoms with Crippen LogP contribution in [0.4, 0.5) is 11.4 Å². The Hall–Kier alpha value is -1.40. The van der Waals surface area contributed by atoms with E-state index in [1.807, 2.05) is 26.0 Å². The summed E-state index contributed by atoms with van der Waals surface area (Å²) in [5.74, 6) is -0.156. The lowest BCUT2D eigenvalue weighted by Gasteiger charge is -2.10. The Kier molecular flexibility index (Phi) is 5.00. The molecule has 0 aliphatic heterocycles. The molecule has 1 amide bonds. The van der Waals surface area contributed by atoms with E-state index in [0.29, 0.717) is 16.3 Å². The highest BCUT2D eigenvalue weighted by Crippen LogP contribution is 2.29. The van der Waals surface area contributed by atoms with Gasteiger partial charge in [-0.05, 0) is 44.4 Å². The zero-order valence-corrected chi connectivity index (χ0v) is 14.7. The molecule has 1 aromatic carbocycles. The molecule has 3 N–H and O–H groups in total. The lowest BCUT2D eigenvalue weighted by atomic mass is 10.1. The van der Waals surface area contributed by atoms with E-state index in [2.05, 4.69) is 33.2 Å². The summed E-state index contributed by atoms with van der Waals surface area (Å²) in [7, 11) is 0. The highest BCUT2D eigenvalue weighted by molar-refractivity contribution is 9.10. The summed E-state index contributed by atoms with van der Waals surface area (Å²) < 4.78 is 0.886. The third-order valence-corrected chi connectivity index (χ3v) is 4.78. The Morgan fingerprint density at radius 3 is 2.81 bits per heavy atom. The van der Waals surface area contributed by atoms with Crippen LogP contribution in [-0.4, -0.2) is 10.9 Å². The molecule has 0 aliphatic rings. The average molecular weight is 368 g/mol. The number of hydrogen-bond donors (Lipinski definition) is 2. The minimum Gasteiger partial charge on any atom is -0.397 e. The number of benzene rings is 1. The molecule has 0 saturated carbocycles. The summed E-state index contributed by atoms with van der Waals surface area (Å²) in [6.45, 7) is 5.87. The number of amides is 1. The number of thiazole rings is 1. The van der Waals surface area contributed by atoms with Crippen molar-refractivity contribution in [3.05, 3.63) is 37.7 Å². The number of carbonyl (C=O) groups excluding carboxylic acids is 1. The zero-order chi connectivity index (χ0) is 15.6. The van der Waals surface area contributed by atoms with Gasteiger partial charge in [-0.25, -0.2) is 4.98 Å². The van der Waals surface area contributed by atoms with Gasteiger partial charge in [0.2, 0.25) is 0 Å². The maximum Gasteiger partial charge on any atom is 0.267 e. The number of aryl methyl sites for hydroxylation is 3. The molecule has 0 unspecified atom stereocenters. The molecule has 0 saturated heterocycles. The van der Waals surface area contributed by atoms with Crippen molar-refractivity contribution in [2.75, 3.05) is 11.1 Å².